The fourth-order valence-electron chi connectivity index (χ4n) is 2.86. The third-order valence-electron chi connectivity index (χ3n) is 4.09. The number of nitrogens with two attached hydrogens (primary N) is 1. The van der Waals surface area contributed by atoms with E-state index in [9.17, 15) is 10.1 Å². The van der Waals surface area contributed by atoms with Crippen molar-refractivity contribution in [1.82, 2.24) is 0 Å². The van der Waals surface area contributed by atoms with Crippen LogP contribution in [-0.4, -0.2) is 11.5 Å². The topological polar surface area (TPSA) is 69.2 Å². The molecule has 0 heterocycles. The second kappa shape index (κ2) is 3.81. The van der Waals surface area contributed by atoms with E-state index in [4.69, 9.17) is 5.73 Å². The van der Waals surface area contributed by atoms with E-state index in [1.54, 1.807) is 13.0 Å². The highest BCUT2D eigenvalue weighted by Crippen LogP contribution is 2.64. The van der Waals surface area contributed by atoms with Gasteiger partial charge in [0.25, 0.3) is 5.69 Å². The molecule has 1 aromatic carbocycles. The van der Waals surface area contributed by atoms with Crippen LogP contribution < -0.4 is 5.73 Å². The van der Waals surface area contributed by atoms with Crippen LogP contribution in [0.1, 0.15) is 30.9 Å². The molecule has 1 aliphatic rings. The van der Waals surface area contributed by atoms with Crippen molar-refractivity contribution in [2.45, 2.75) is 26.7 Å². The van der Waals surface area contributed by atoms with E-state index in [0.29, 0.717) is 23.9 Å². The lowest BCUT2D eigenvalue weighted by molar-refractivity contribution is -0.385. The summed E-state index contributed by atoms with van der Waals surface area (Å²) in [4.78, 5) is 10.6. The van der Waals surface area contributed by atoms with Gasteiger partial charge in [0.15, 0.2) is 0 Å². The fraction of sp³-hybridized carbons (Fsp3) is 0.538. The van der Waals surface area contributed by atoms with Crippen molar-refractivity contribution < 1.29 is 4.92 Å². The van der Waals surface area contributed by atoms with E-state index in [1.165, 1.54) is 0 Å². The summed E-state index contributed by atoms with van der Waals surface area (Å²) < 4.78 is 0. The molecule has 4 nitrogen and oxygen atoms in total. The molecule has 92 valence electrons. The Balaban J connectivity index is 2.36. The van der Waals surface area contributed by atoms with Gasteiger partial charge in [-0.25, -0.2) is 0 Å². The molecule has 0 saturated heterocycles. The summed E-state index contributed by atoms with van der Waals surface area (Å²) in [5.74, 6) is 0.789. The first-order chi connectivity index (χ1) is 7.89. The molecule has 2 rings (SSSR count). The highest BCUT2D eigenvalue weighted by molar-refractivity contribution is 5.46. The Kier molecular flexibility index (Phi) is 2.70. The smallest absolute Gasteiger partial charge is 0.272 e. The first-order valence-corrected chi connectivity index (χ1v) is 5.84. The van der Waals surface area contributed by atoms with Crippen LogP contribution >= 0.6 is 0 Å². The van der Waals surface area contributed by atoms with Crippen molar-refractivity contribution >= 4 is 5.69 Å². The van der Waals surface area contributed by atoms with E-state index in [2.05, 4.69) is 13.8 Å². The second-order valence-corrected chi connectivity index (χ2v) is 5.44. The first kappa shape index (κ1) is 12.0. The number of hydrogen-bond donors (Lipinski definition) is 1. The minimum absolute atomic E-state index is 0.165. The quantitative estimate of drug-likeness (QED) is 0.645. The van der Waals surface area contributed by atoms with Gasteiger partial charge >= 0.3 is 0 Å². The molecule has 0 amide bonds. The third kappa shape index (κ3) is 1.82. The fourth-order valence-corrected chi connectivity index (χ4v) is 2.86. The highest BCUT2D eigenvalue weighted by Gasteiger charge is 2.57. The molecule has 2 unspecified atom stereocenters. The zero-order valence-electron chi connectivity index (χ0n) is 10.4. The lowest BCUT2D eigenvalue weighted by Gasteiger charge is -2.04. The van der Waals surface area contributed by atoms with Crippen molar-refractivity contribution in [2.75, 3.05) is 6.54 Å². The summed E-state index contributed by atoms with van der Waals surface area (Å²) in [6.07, 6.45) is 0. The normalized spacial score (nSPS) is 25.6. The van der Waals surface area contributed by atoms with Crippen molar-refractivity contribution in [3.8, 4) is 0 Å². The van der Waals surface area contributed by atoms with Crippen LogP contribution in [0.15, 0.2) is 18.2 Å². The molecule has 0 aliphatic heterocycles. The van der Waals surface area contributed by atoms with Gasteiger partial charge in [0, 0.05) is 11.6 Å². The zero-order valence-corrected chi connectivity index (χ0v) is 10.4. The number of nitro benzene ring substituents is 1. The molecule has 17 heavy (non-hydrogen) atoms. The van der Waals surface area contributed by atoms with Gasteiger partial charge < -0.3 is 5.73 Å². The van der Waals surface area contributed by atoms with Crippen LogP contribution in [0.5, 0.6) is 0 Å². The molecule has 2 atom stereocenters. The third-order valence-corrected chi connectivity index (χ3v) is 4.09. The Bertz CT molecular complexity index is 468. The molecule has 1 fully saturated rings. The minimum Gasteiger partial charge on any atom is -0.330 e. The predicted molar refractivity (Wildman–Crippen MR) is 66.9 cm³/mol. The Morgan fingerprint density at radius 1 is 1.47 bits per heavy atom. The molecule has 1 saturated carbocycles. The molecule has 1 aromatic rings. The van der Waals surface area contributed by atoms with E-state index >= 15 is 0 Å². The average molecular weight is 234 g/mol. The van der Waals surface area contributed by atoms with Gasteiger partial charge in [-0.1, -0.05) is 26.0 Å². The monoisotopic (exact) mass is 234 g/mol. The first-order valence-electron chi connectivity index (χ1n) is 5.84. The number of rotatable bonds is 3. The molecule has 1 aliphatic carbocycles. The highest BCUT2D eigenvalue weighted by atomic mass is 16.6. The summed E-state index contributed by atoms with van der Waals surface area (Å²) >= 11 is 0. The van der Waals surface area contributed by atoms with Gasteiger partial charge in [-0.15, -0.1) is 0 Å². The van der Waals surface area contributed by atoms with E-state index < -0.39 is 0 Å². The lowest BCUT2D eigenvalue weighted by atomic mass is 10.0. The van der Waals surface area contributed by atoms with Gasteiger partial charge in [0.05, 0.1) is 4.92 Å². The number of benzene rings is 1. The van der Waals surface area contributed by atoms with E-state index in [-0.39, 0.29) is 16.0 Å². The van der Waals surface area contributed by atoms with Gasteiger partial charge in [0.1, 0.15) is 0 Å². The molecular weight excluding hydrogens is 216 g/mol. The van der Waals surface area contributed by atoms with Gasteiger partial charge in [-0.2, -0.15) is 0 Å². The molecular formula is C13H18N2O2. The minimum atomic E-state index is -0.314. The van der Waals surface area contributed by atoms with Gasteiger partial charge in [0.2, 0.25) is 0 Å². The van der Waals surface area contributed by atoms with Crippen LogP contribution in [0.3, 0.4) is 0 Å². The summed E-state index contributed by atoms with van der Waals surface area (Å²) in [5, 5.41) is 10.9. The van der Waals surface area contributed by atoms with Crippen molar-refractivity contribution in [3.63, 3.8) is 0 Å². The molecule has 2 N–H and O–H groups in total. The maximum absolute atomic E-state index is 10.9. The number of hydrogen-bond acceptors (Lipinski definition) is 3. The van der Waals surface area contributed by atoms with E-state index in [0.717, 1.165) is 5.56 Å². The van der Waals surface area contributed by atoms with Crippen LogP contribution in [0.25, 0.3) is 0 Å². The largest absolute Gasteiger partial charge is 0.330 e. The van der Waals surface area contributed by atoms with Crippen molar-refractivity contribution in [1.29, 1.82) is 0 Å². The zero-order chi connectivity index (χ0) is 12.8. The van der Waals surface area contributed by atoms with Gasteiger partial charge in [-0.3, -0.25) is 10.1 Å². The van der Waals surface area contributed by atoms with Crippen LogP contribution in [0.2, 0.25) is 0 Å². The second-order valence-electron chi connectivity index (χ2n) is 5.44. The molecule has 0 aromatic heterocycles. The van der Waals surface area contributed by atoms with Crippen molar-refractivity contribution in [2.24, 2.45) is 17.1 Å². The summed E-state index contributed by atoms with van der Waals surface area (Å²) in [6, 6.07) is 5.53. The van der Waals surface area contributed by atoms with Gasteiger partial charge in [-0.05, 0) is 36.3 Å². The standard InChI is InChI=1S/C13H18N2O2/c1-8-4-5-9(6-11(8)15(16)17)12-10(7-14)13(12,2)3/h4-6,10,12H,7,14H2,1-3H3. The maximum atomic E-state index is 10.9. The predicted octanol–water partition coefficient (Wildman–Crippen LogP) is 2.60. The maximum Gasteiger partial charge on any atom is 0.272 e. The van der Waals surface area contributed by atoms with E-state index in [1.807, 2.05) is 12.1 Å². The summed E-state index contributed by atoms with van der Waals surface area (Å²) in [5.41, 5.74) is 7.86. The van der Waals surface area contributed by atoms with Crippen molar-refractivity contribution in [3.05, 3.63) is 39.4 Å². The lowest BCUT2D eigenvalue weighted by Crippen LogP contribution is -2.05. The summed E-state index contributed by atoms with van der Waals surface area (Å²) in [7, 11) is 0. The average Bonchev–Trinajstić information content (AvgIpc) is 2.81. The molecule has 4 heteroatoms. The van der Waals surface area contributed by atoms with Crippen LogP contribution in [0, 0.1) is 28.4 Å². The Labute approximate surface area is 101 Å². The SMILES string of the molecule is Cc1ccc(C2C(CN)C2(C)C)cc1[N+](=O)[O-]. The summed E-state index contributed by atoms with van der Waals surface area (Å²) in [6.45, 7) is 6.74. The molecule has 0 spiro atoms. The Morgan fingerprint density at radius 2 is 2.12 bits per heavy atom. The van der Waals surface area contributed by atoms with Crippen LogP contribution in [0.4, 0.5) is 5.69 Å². The Morgan fingerprint density at radius 3 is 2.59 bits per heavy atom. The molecule has 0 bridgehead atoms. The molecule has 0 radical (unpaired) electrons. The Hall–Kier alpha value is -1.42. The van der Waals surface area contributed by atoms with Crippen LogP contribution in [-0.2, 0) is 0 Å². The number of nitro groups is 1. The number of aryl methyl sites for hydroxylation is 1. The number of nitrogens with zero attached hydrogens (tertiary/aromatic N) is 1.